The van der Waals surface area contributed by atoms with E-state index in [0.717, 1.165) is 26.1 Å². The summed E-state index contributed by atoms with van der Waals surface area (Å²) >= 11 is 0. The third kappa shape index (κ3) is 2.51. The van der Waals surface area contributed by atoms with Gasteiger partial charge in [-0.05, 0) is 17.5 Å². The molecule has 0 bridgehead atoms. The first kappa shape index (κ1) is 12.6. The molecule has 2 aliphatic rings. The molecule has 2 atom stereocenters. The number of carbonyl (C=O) groups is 1. The smallest absolute Gasteiger partial charge is 0.230 e. The van der Waals surface area contributed by atoms with Crippen molar-refractivity contribution in [1.82, 2.24) is 10.2 Å². The maximum atomic E-state index is 12.4. The molecule has 1 saturated heterocycles. The first-order valence-electron chi connectivity index (χ1n) is 6.91. The predicted octanol–water partition coefficient (Wildman–Crippen LogP) is 0.773. The zero-order valence-electron chi connectivity index (χ0n) is 11.3. The minimum atomic E-state index is 0.0535. The molecule has 1 aromatic carbocycles. The van der Waals surface area contributed by atoms with Crippen LogP contribution in [0.1, 0.15) is 17.0 Å². The highest BCUT2D eigenvalue weighted by Crippen LogP contribution is 2.35. The summed E-state index contributed by atoms with van der Waals surface area (Å²) < 4.78 is 5.64. The Morgan fingerprint density at radius 3 is 3.05 bits per heavy atom. The molecule has 1 aromatic rings. The summed E-state index contributed by atoms with van der Waals surface area (Å²) in [5.41, 5.74) is 2.51. The topological polar surface area (TPSA) is 41.6 Å². The van der Waals surface area contributed by atoms with Gasteiger partial charge in [-0.2, -0.15) is 0 Å². The van der Waals surface area contributed by atoms with E-state index in [1.54, 1.807) is 0 Å². The van der Waals surface area contributed by atoms with Gasteiger partial charge in [0.1, 0.15) is 0 Å². The molecule has 1 aliphatic carbocycles. The van der Waals surface area contributed by atoms with Crippen molar-refractivity contribution in [2.75, 3.05) is 33.3 Å². The largest absolute Gasteiger partial charge is 0.374 e. The number of rotatable bonds is 3. The van der Waals surface area contributed by atoms with Crippen molar-refractivity contribution in [3.63, 3.8) is 0 Å². The highest BCUT2D eigenvalue weighted by molar-refractivity contribution is 5.86. The first-order chi connectivity index (χ1) is 9.25. The lowest BCUT2D eigenvalue weighted by molar-refractivity contribution is -0.134. The van der Waals surface area contributed by atoms with Crippen molar-refractivity contribution >= 4 is 5.91 Å². The number of likely N-dealkylation sites (N-methyl/N-ethyl adjacent to an activating group) is 1. The second kappa shape index (κ2) is 5.31. The summed E-state index contributed by atoms with van der Waals surface area (Å²) in [4.78, 5) is 14.2. The highest BCUT2D eigenvalue weighted by atomic mass is 16.5. The maximum absolute atomic E-state index is 12.4. The van der Waals surface area contributed by atoms with Crippen LogP contribution in [0.2, 0.25) is 0 Å². The first-order valence-corrected chi connectivity index (χ1v) is 6.91. The van der Waals surface area contributed by atoms with E-state index < -0.39 is 0 Å². The van der Waals surface area contributed by atoms with Crippen LogP contribution in [0.15, 0.2) is 24.3 Å². The van der Waals surface area contributed by atoms with Crippen molar-refractivity contribution < 1.29 is 9.53 Å². The Hall–Kier alpha value is -1.39. The fraction of sp³-hybridized carbons (Fsp3) is 0.533. The van der Waals surface area contributed by atoms with Gasteiger partial charge in [-0.15, -0.1) is 0 Å². The Balaban J connectivity index is 1.59. The van der Waals surface area contributed by atoms with Crippen LogP contribution in [0.3, 0.4) is 0 Å². The van der Waals surface area contributed by atoms with Gasteiger partial charge in [0, 0.05) is 26.7 Å². The van der Waals surface area contributed by atoms with E-state index in [4.69, 9.17) is 4.74 Å². The number of hydrogen-bond acceptors (Lipinski definition) is 3. The number of carbonyl (C=O) groups excluding carboxylic acids is 1. The molecule has 4 nitrogen and oxygen atoms in total. The van der Waals surface area contributed by atoms with Crippen molar-refractivity contribution in [3.05, 3.63) is 35.4 Å². The average molecular weight is 260 g/mol. The number of fused-ring (bicyclic) bond motifs is 1. The summed E-state index contributed by atoms with van der Waals surface area (Å²) in [5.74, 6) is 0.269. The minimum absolute atomic E-state index is 0.0535. The minimum Gasteiger partial charge on any atom is -0.374 e. The summed E-state index contributed by atoms with van der Waals surface area (Å²) in [5, 5.41) is 3.29. The SMILES string of the molecule is CN(CC1CNCCO1)C(=O)C1Cc2ccccc21. The van der Waals surface area contributed by atoms with Crippen molar-refractivity contribution in [2.24, 2.45) is 0 Å². The van der Waals surface area contributed by atoms with Crippen molar-refractivity contribution in [2.45, 2.75) is 18.4 Å². The second-order valence-electron chi connectivity index (χ2n) is 5.37. The molecule has 0 saturated carbocycles. The lowest BCUT2D eigenvalue weighted by Crippen LogP contribution is -2.47. The van der Waals surface area contributed by atoms with Gasteiger partial charge < -0.3 is 15.0 Å². The standard InChI is InChI=1S/C15H20N2O2/c1-17(10-12-9-16-6-7-19-12)15(18)14-8-11-4-2-3-5-13(11)14/h2-5,12,14,16H,6-10H2,1H3. The summed E-state index contributed by atoms with van der Waals surface area (Å²) in [7, 11) is 1.88. The Morgan fingerprint density at radius 2 is 2.32 bits per heavy atom. The molecule has 2 unspecified atom stereocenters. The van der Waals surface area contributed by atoms with Crippen molar-refractivity contribution in [1.29, 1.82) is 0 Å². The lowest BCUT2D eigenvalue weighted by Gasteiger charge is -2.34. The van der Waals surface area contributed by atoms with Gasteiger partial charge in [-0.25, -0.2) is 0 Å². The van der Waals surface area contributed by atoms with Crippen LogP contribution in [0.4, 0.5) is 0 Å². The highest BCUT2D eigenvalue weighted by Gasteiger charge is 2.34. The number of nitrogens with one attached hydrogen (secondary N) is 1. The van der Waals surface area contributed by atoms with E-state index in [1.165, 1.54) is 11.1 Å². The number of benzene rings is 1. The Morgan fingerprint density at radius 1 is 1.47 bits per heavy atom. The normalized spacial score (nSPS) is 25.3. The van der Waals surface area contributed by atoms with Gasteiger partial charge in [0.25, 0.3) is 0 Å². The van der Waals surface area contributed by atoms with Gasteiger partial charge in [0.2, 0.25) is 5.91 Å². The molecule has 4 heteroatoms. The Labute approximate surface area is 113 Å². The van der Waals surface area contributed by atoms with Gasteiger partial charge >= 0.3 is 0 Å². The zero-order chi connectivity index (χ0) is 13.2. The number of hydrogen-bond donors (Lipinski definition) is 1. The van der Waals surface area contributed by atoms with Crippen LogP contribution in [-0.4, -0.2) is 50.2 Å². The van der Waals surface area contributed by atoms with E-state index in [9.17, 15) is 4.79 Å². The van der Waals surface area contributed by atoms with Crippen LogP contribution in [0.5, 0.6) is 0 Å². The summed E-state index contributed by atoms with van der Waals surface area (Å²) in [6.07, 6.45) is 1.00. The second-order valence-corrected chi connectivity index (χ2v) is 5.37. The molecule has 19 heavy (non-hydrogen) atoms. The van der Waals surface area contributed by atoms with Gasteiger partial charge in [-0.3, -0.25) is 4.79 Å². The van der Waals surface area contributed by atoms with E-state index in [0.29, 0.717) is 6.54 Å². The molecule has 0 aromatic heterocycles. The van der Waals surface area contributed by atoms with E-state index in [2.05, 4.69) is 17.4 Å². The van der Waals surface area contributed by atoms with Crippen LogP contribution < -0.4 is 5.32 Å². The van der Waals surface area contributed by atoms with Gasteiger partial charge in [-0.1, -0.05) is 24.3 Å². The monoisotopic (exact) mass is 260 g/mol. The quantitative estimate of drug-likeness (QED) is 0.873. The molecule has 1 fully saturated rings. The number of ether oxygens (including phenoxy) is 1. The fourth-order valence-electron chi connectivity index (χ4n) is 2.88. The molecule has 1 heterocycles. The molecular formula is C15H20N2O2. The maximum Gasteiger partial charge on any atom is 0.230 e. The van der Waals surface area contributed by atoms with Crippen LogP contribution in [-0.2, 0) is 16.0 Å². The molecule has 3 rings (SSSR count). The number of amides is 1. The molecule has 1 N–H and O–H groups in total. The third-order valence-electron chi connectivity index (χ3n) is 4.01. The van der Waals surface area contributed by atoms with Gasteiger partial charge in [0.05, 0.1) is 18.6 Å². The predicted molar refractivity (Wildman–Crippen MR) is 73.1 cm³/mol. The van der Waals surface area contributed by atoms with E-state index in [-0.39, 0.29) is 17.9 Å². The zero-order valence-corrected chi connectivity index (χ0v) is 11.3. The number of morpholine rings is 1. The van der Waals surface area contributed by atoms with Crippen LogP contribution in [0.25, 0.3) is 0 Å². The summed E-state index contributed by atoms with van der Waals surface area (Å²) in [6, 6.07) is 8.21. The fourth-order valence-corrected chi connectivity index (χ4v) is 2.88. The van der Waals surface area contributed by atoms with Crippen LogP contribution in [0, 0.1) is 0 Å². The van der Waals surface area contributed by atoms with Crippen LogP contribution >= 0.6 is 0 Å². The molecule has 0 radical (unpaired) electrons. The number of nitrogens with zero attached hydrogens (tertiary/aromatic N) is 1. The Kier molecular flexibility index (Phi) is 3.53. The molecule has 1 aliphatic heterocycles. The van der Waals surface area contributed by atoms with E-state index in [1.807, 2.05) is 24.1 Å². The van der Waals surface area contributed by atoms with E-state index >= 15 is 0 Å². The lowest BCUT2D eigenvalue weighted by atomic mass is 9.77. The third-order valence-corrected chi connectivity index (χ3v) is 4.01. The molecule has 102 valence electrons. The molecule has 0 spiro atoms. The summed E-state index contributed by atoms with van der Waals surface area (Å²) in [6.45, 7) is 3.15. The average Bonchev–Trinajstić information content (AvgIpc) is 2.41. The Bertz CT molecular complexity index is 469. The molecular weight excluding hydrogens is 240 g/mol. The van der Waals surface area contributed by atoms with Gasteiger partial charge in [0.15, 0.2) is 0 Å². The van der Waals surface area contributed by atoms with Crippen molar-refractivity contribution in [3.8, 4) is 0 Å². The molecule has 1 amide bonds.